The van der Waals surface area contributed by atoms with Gasteiger partial charge in [0.2, 0.25) is 0 Å². The molecule has 1 rings (SSSR count). The molecule has 0 saturated carbocycles. The van der Waals surface area contributed by atoms with Crippen molar-refractivity contribution in [3.63, 3.8) is 0 Å². The lowest BCUT2D eigenvalue weighted by Gasteiger charge is -2.18. The Morgan fingerprint density at radius 3 is 2.60 bits per heavy atom. The van der Waals surface area contributed by atoms with E-state index in [0.29, 0.717) is 12.1 Å². The number of halogens is 1. The van der Waals surface area contributed by atoms with E-state index in [0.717, 1.165) is 12.1 Å². The van der Waals surface area contributed by atoms with Crippen LogP contribution in [0.3, 0.4) is 0 Å². The molecule has 0 heterocycles. The maximum absolute atomic E-state index is 13.7. The number of hydrogen-bond acceptors (Lipinski definition) is 2. The van der Waals surface area contributed by atoms with E-state index in [4.69, 9.17) is 5.73 Å². The van der Waals surface area contributed by atoms with Crippen molar-refractivity contribution in [2.45, 2.75) is 26.3 Å². The van der Waals surface area contributed by atoms with Gasteiger partial charge in [-0.15, -0.1) is 0 Å². The maximum Gasteiger partial charge on any atom is 0.146 e. The zero-order chi connectivity index (χ0) is 11.4. The first-order valence-corrected chi connectivity index (χ1v) is 5.29. The van der Waals surface area contributed by atoms with Crippen LogP contribution in [0.5, 0.6) is 0 Å². The molecule has 2 nitrogen and oxygen atoms in total. The third-order valence-corrected chi connectivity index (χ3v) is 2.46. The average molecular weight is 210 g/mol. The number of hydrogen-bond donors (Lipinski definition) is 1. The molecule has 0 aliphatic carbocycles. The van der Waals surface area contributed by atoms with Crippen LogP contribution in [-0.4, -0.2) is 19.6 Å². The predicted octanol–water partition coefficient (Wildman–Crippen LogP) is 2.17. The Kier molecular flexibility index (Phi) is 4.09. The van der Waals surface area contributed by atoms with E-state index < -0.39 is 0 Å². The Hall–Kier alpha value is -1.09. The molecule has 1 aromatic carbocycles. The van der Waals surface area contributed by atoms with Gasteiger partial charge in [-0.1, -0.05) is 6.07 Å². The van der Waals surface area contributed by atoms with Gasteiger partial charge in [-0.2, -0.15) is 0 Å². The monoisotopic (exact) mass is 210 g/mol. The minimum absolute atomic E-state index is 0.0687. The van der Waals surface area contributed by atoms with E-state index in [1.807, 2.05) is 37.9 Å². The number of benzene rings is 1. The smallest absolute Gasteiger partial charge is 0.146 e. The molecule has 2 N–H and O–H groups in total. The minimum Gasteiger partial charge on any atom is -0.373 e. The molecular formula is C12H19FN2. The molecule has 1 unspecified atom stereocenters. The Morgan fingerprint density at radius 1 is 1.47 bits per heavy atom. The summed E-state index contributed by atoms with van der Waals surface area (Å²) in [5, 5.41) is 0. The fraction of sp³-hybridized carbons (Fsp3) is 0.500. The summed E-state index contributed by atoms with van der Waals surface area (Å²) < 4.78 is 13.7. The molecule has 0 aliphatic heterocycles. The molecule has 15 heavy (non-hydrogen) atoms. The minimum atomic E-state index is -0.169. The van der Waals surface area contributed by atoms with Crippen molar-refractivity contribution in [2.75, 3.05) is 18.5 Å². The number of nitrogens with zero attached hydrogens (tertiary/aromatic N) is 1. The lowest BCUT2D eigenvalue weighted by atomic mass is 10.1. The summed E-state index contributed by atoms with van der Waals surface area (Å²) in [6.45, 7) is 4.71. The van der Waals surface area contributed by atoms with Crippen LogP contribution in [0.15, 0.2) is 18.2 Å². The van der Waals surface area contributed by atoms with Crippen molar-refractivity contribution in [3.05, 3.63) is 29.6 Å². The second kappa shape index (κ2) is 5.12. The van der Waals surface area contributed by atoms with Gasteiger partial charge in [-0.3, -0.25) is 0 Å². The molecule has 1 atom stereocenters. The Bertz CT molecular complexity index is 323. The third kappa shape index (κ3) is 3.20. The summed E-state index contributed by atoms with van der Waals surface area (Å²) in [7, 11) is 1.88. The average Bonchev–Trinajstić information content (AvgIpc) is 2.16. The highest BCUT2D eigenvalue weighted by molar-refractivity contribution is 5.48. The van der Waals surface area contributed by atoms with Crippen LogP contribution < -0.4 is 10.6 Å². The summed E-state index contributed by atoms with van der Waals surface area (Å²) in [6, 6.07) is 5.40. The molecule has 0 amide bonds. The normalized spacial score (nSPS) is 12.6. The van der Waals surface area contributed by atoms with E-state index in [2.05, 4.69) is 0 Å². The first kappa shape index (κ1) is 12.0. The number of rotatable bonds is 4. The van der Waals surface area contributed by atoms with Gasteiger partial charge >= 0.3 is 0 Å². The van der Waals surface area contributed by atoms with Crippen LogP contribution in [0.4, 0.5) is 10.1 Å². The lowest BCUT2D eigenvalue weighted by Crippen LogP contribution is -2.19. The summed E-state index contributed by atoms with van der Waals surface area (Å²) >= 11 is 0. The summed E-state index contributed by atoms with van der Waals surface area (Å²) in [4.78, 5) is 1.88. The lowest BCUT2D eigenvalue weighted by molar-refractivity contribution is 0.619. The Morgan fingerprint density at radius 2 is 2.13 bits per heavy atom. The molecule has 3 heteroatoms. The van der Waals surface area contributed by atoms with Crippen LogP contribution >= 0.6 is 0 Å². The van der Waals surface area contributed by atoms with E-state index >= 15 is 0 Å². The molecule has 0 aliphatic rings. The van der Waals surface area contributed by atoms with Gasteiger partial charge in [-0.25, -0.2) is 4.39 Å². The molecule has 84 valence electrons. The largest absolute Gasteiger partial charge is 0.373 e. The fourth-order valence-corrected chi connectivity index (χ4v) is 1.53. The van der Waals surface area contributed by atoms with Crippen LogP contribution in [0.1, 0.15) is 19.4 Å². The molecule has 1 aromatic rings. The summed E-state index contributed by atoms with van der Waals surface area (Å²) in [5.41, 5.74) is 7.26. The van der Waals surface area contributed by atoms with Gasteiger partial charge < -0.3 is 10.6 Å². The zero-order valence-electron chi connectivity index (χ0n) is 9.63. The van der Waals surface area contributed by atoms with Gasteiger partial charge in [0.05, 0.1) is 5.69 Å². The SMILES string of the molecule is CCN(C)c1ccc(CC(C)N)cc1F. The highest BCUT2D eigenvalue weighted by Gasteiger charge is 2.07. The van der Waals surface area contributed by atoms with Crippen molar-refractivity contribution in [1.82, 2.24) is 0 Å². The molecular weight excluding hydrogens is 191 g/mol. The molecule has 0 bridgehead atoms. The van der Waals surface area contributed by atoms with Crippen molar-refractivity contribution in [2.24, 2.45) is 5.73 Å². The van der Waals surface area contributed by atoms with Crippen LogP contribution in [0, 0.1) is 5.82 Å². The van der Waals surface area contributed by atoms with Crippen molar-refractivity contribution < 1.29 is 4.39 Å². The highest BCUT2D eigenvalue weighted by atomic mass is 19.1. The highest BCUT2D eigenvalue weighted by Crippen LogP contribution is 2.19. The van der Waals surface area contributed by atoms with Gasteiger partial charge in [0, 0.05) is 19.6 Å². The van der Waals surface area contributed by atoms with Gasteiger partial charge in [0.15, 0.2) is 0 Å². The van der Waals surface area contributed by atoms with Crippen molar-refractivity contribution >= 4 is 5.69 Å². The van der Waals surface area contributed by atoms with Crippen LogP contribution in [0.2, 0.25) is 0 Å². The maximum atomic E-state index is 13.7. The number of nitrogens with two attached hydrogens (primary N) is 1. The second-order valence-corrected chi connectivity index (χ2v) is 3.98. The molecule has 0 saturated heterocycles. The van der Waals surface area contributed by atoms with Gasteiger partial charge in [0.25, 0.3) is 0 Å². The van der Waals surface area contributed by atoms with Crippen molar-refractivity contribution in [3.8, 4) is 0 Å². The van der Waals surface area contributed by atoms with Gasteiger partial charge in [0.1, 0.15) is 5.82 Å². The summed E-state index contributed by atoms with van der Waals surface area (Å²) in [5.74, 6) is -0.169. The first-order valence-electron chi connectivity index (χ1n) is 5.29. The van der Waals surface area contributed by atoms with Gasteiger partial charge in [-0.05, 0) is 38.0 Å². The topological polar surface area (TPSA) is 29.3 Å². The second-order valence-electron chi connectivity index (χ2n) is 3.98. The Balaban J connectivity index is 2.88. The Labute approximate surface area is 90.9 Å². The van der Waals surface area contributed by atoms with Crippen molar-refractivity contribution in [1.29, 1.82) is 0 Å². The molecule has 0 aromatic heterocycles. The standard InChI is InChI=1S/C12H19FN2/c1-4-15(3)12-6-5-10(7-9(2)14)8-11(12)13/h5-6,8-9H,4,7,14H2,1-3H3. The molecule has 0 radical (unpaired) electrons. The van der Waals surface area contributed by atoms with E-state index in [1.54, 1.807) is 6.07 Å². The van der Waals surface area contributed by atoms with E-state index in [9.17, 15) is 4.39 Å². The predicted molar refractivity (Wildman–Crippen MR) is 62.7 cm³/mol. The number of anilines is 1. The first-order chi connectivity index (χ1) is 7.04. The van der Waals surface area contributed by atoms with E-state index in [-0.39, 0.29) is 11.9 Å². The van der Waals surface area contributed by atoms with Crippen LogP contribution in [0.25, 0.3) is 0 Å². The quantitative estimate of drug-likeness (QED) is 0.825. The summed E-state index contributed by atoms with van der Waals surface area (Å²) in [6.07, 6.45) is 0.715. The third-order valence-electron chi connectivity index (χ3n) is 2.46. The fourth-order valence-electron chi connectivity index (χ4n) is 1.53. The van der Waals surface area contributed by atoms with E-state index in [1.165, 1.54) is 0 Å². The van der Waals surface area contributed by atoms with Crippen LogP contribution in [-0.2, 0) is 6.42 Å². The molecule has 0 fully saturated rings. The zero-order valence-corrected chi connectivity index (χ0v) is 9.63. The molecule has 0 spiro atoms.